The van der Waals surface area contributed by atoms with E-state index in [1.54, 1.807) is 123 Å². The molecule has 53 heavy (non-hydrogen) atoms. The second-order valence-electron chi connectivity index (χ2n) is 11.6. The lowest BCUT2D eigenvalue weighted by Gasteiger charge is -2.24. The number of esters is 2. The van der Waals surface area contributed by atoms with Gasteiger partial charge in [-0.3, -0.25) is 9.59 Å². The molecule has 0 fully saturated rings. The summed E-state index contributed by atoms with van der Waals surface area (Å²) in [6.45, 7) is 3.76. The number of ether oxygens (including phenoxy) is 2. The van der Waals surface area contributed by atoms with Crippen molar-refractivity contribution in [3.05, 3.63) is 131 Å². The van der Waals surface area contributed by atoms with Gasteiger partial charge in [0.05, 0.1) is 19.1 Å². The zero-order valence-corrected chi connectivity index (χ0v) is 34.2. The number of carbonyl (C=O) groups excluding carboxylic acids is 4. The van der Waals surface area contributed by atoms with Crippen molar-refractivity contribution in [2.75, 3.05) is 19.1 Å². The van der Waals surface area contributed by atoms with E-state index >= 15 is 0 Å². The quantitative estimate of drug-likeness (QED) is 0.0458. The lowest BCUT2D eigenvalue weighted by molar-refractivity contribution is -0.146. The largest absolute Gasteiger partial charge is 0.464 e. The predicted molar refractivity (Wildman–Crippen MR) is 222 cm³/mol. The number of nitrogens with one attached hydrogen (secondary N) is 2. The number of thiol groups is 2. The molecule has 4 aromatic rings. The molecule has 0 aromatic heterocycles. The van der Waals surface area contributed by atoms with E-state index in [1.165, 1.54) is 0 Å². The third kappa shape index (κ3) is 13.9. The molecule has 16 heteroatoms. The van der Waals surface area contributed by atoms with Crippen molar-refractivity contribution in [2.45, 2.75) is 38.8 Å². The molecular formula is C37H40N2O8P2S4. The minimum absolute atomic E-state index is 0.118. The average Bonchev–Trinajstić information content (AvgIpc) is 3.12. The number of amides is 2. The molecule has 10 nitrogen and oxygen atoms in total. The van der Waals surface area contributed by atoms with Crippen LogP contribution in [0.4, 0.5) is 0 Å². The summed E-state index contributed by atoms with van der Waals surface area (Å²) < 4.78 is 22.6. The van der Waals surface area contributed by atoms with Crippen LogP contribution in [0.25, 0.3) is 0 Å². The Balaban J connectivity index is 1.34. The number of hydrogen-bond donors (Lipinski definition) is 4. The maximum Gasteiger partial charge on any atom is 0.328 e. The summed E-state index contributed by atoms with van der Waals surface area (Å²) >= 11 is 20.8. The van der Waals surface area contributed by atoms with Crippen LogP contribution in [-0.4, -0.2) is 55.0 Å². The number of rotatable bonds is 18. The van der Waals surface area contributed by atoms with E-state index in [0.29, 0.717) is 22.6 Å². The molecule has 2 N–H and O–H groups in total. The van der Waals surface area contributed by atoms with Crippen molar-refractivity contribution in [1.82, 2.24) is 10.6 Å². The van der Waals surface area contributed by atoms with Gasteiger partial charge in [-0.15, -0.1) is 24.5 Å². The van der Waals surface area contributed by atoms with E-state index in [0.717, 1.165) is 11.1 Å². The molecule has 0 saturated carbocycles. The van der Waals surface area contributed by atoms with Gasteiger partial charge in [-0.1, -0.05) is 60.7 Å². The van der Waals surface area contributed by atoms with E-state index in [9.17, 15) is 19.2 Å². The van der Waals surface area contributed by atoms with Crippen LogP contribution in [0.15, 0.2) is 109 Å². The van der Waals surface area contributed by atoms with E-state index < -0.39 is 35.0 Å². The fraction of sp³-hybridized carbons (Fsp3) is 0.243. The highest BCUT2D eigenvalue weighted by Gasteiger charge is 2.28. The van der Waals surface area contributed by atoms with Crippen LogP contribution in [-0.2, 0) is 55.5 Å². The number of carbonyl (C=O) groups is 4. The Kier molecular flexibility index (Phi) is 16.0. The van der Waals surface area contributed by atoms with Crippen molar-refractivity contribution >= 4 is 82.8 Å². The SMILES string of the molecule is CCOC(=O)[C@H](Cc1ccc(OP(=S)(S)CP(=S)(S)Oc2ccc(C[C@H](NC(=O)c3ccccc3)C(=O)OCC)cc2)cc1)NC(=O)c1ccccc1. The third-order valence-corrected chi connectivity index (χ3v) is 16.5. The van der Waals surface area contributed by atoms with Gasteiger partial charge >= 0.3 is 11.9 Å². The Morgan fingerprint density at radius 3 is 1.25 bits per heavy atom. The van der Waals surface area contributed by atoms with Crippen LogP contribution in [0.2, 0.25) is 0 Å². The maximum absolute atomic E-state index is 12.8. The van der Waals surface area contributed by atoms with Crippen molar-refractivity contribution in [1.29, 1.82) is 0 Å². The lowest BCUT2D eigenvalue weighted by Crippen LogP contribution is -2.43. The zero-order chi connectivity index (χ0) is 38.4. The summed E-state index contributed by atoms with van der Waals surface area (Å²) in [5, 5.41) is 5.53. The molecule has 0 bridgehead atoms. The van der Waals surface area contributed by atoms with Gasteiger partial charge in [0, 0.05) is 24.0 Å². The maximum atomic E-state index is 12.8. The molecule has 0 aliphatic carbocycles. The van der Waals surface area contributed by atoms with E-state index in [2.05, 4.69) is 35.1 Å². The van der Waals surface area contributed by atoms with Crippen LogP contribution in [0.1, 0.15) is 45.7 Å². The minimum Gasteiger partial charge on any atom is -0.464 e. The van der Waals surface area contributed by atoms with E-state index in [4.69, 9.17) is 42.1 Å². The molecule has 0 aliphatic rings. The monoisotopic (exact) mass is 830 g/mol. The van der Waals surface area contributed by atoms with Gasteiger partial charge in [-0.05, 0) is 97.1 Å². The second-order valence-corrected chi connectivity index (χ2v) is 24.7. The first-order valence-electron chi connectivity index (χ1n) is 16.5. The van der Waals surface area contributed by atoms with Gasteiger partial charge in [-0.25, -0.2) is 9.59 Å². The highest BCUT2D eigenvalue weighted by Crippen LogP contribution is 2.67. The molecule has 0 spiro atoms. The Hall–Kier alpha value is -3.64. The molecule has 0 aliphatic heterocycles. The molecule has 0 saturated heterocycles. The van der Waals surface area contributed by atoms with Crippen LogP contribution < -0.4 is 19.7 Å². The average molecular weight is 831 g/mol. The Morgan fingerprint density at radius 2 is 0.925 bits per heavy atom. The molecule has 280 valence electrons. The third-order valence-electron chi connectivity index (χ3n) is 7.40. The molecule has 2 unspecified atom stereocenters. The molecular weight excluding hydrogens is 791 g/mol. The minimum atomic E-state index is -2.83. The van der Waals surface area contributed by atoms with Crippen molar-refractivity contribution in [3.63, 3.8) is 0 Å². The Morgan fingerprint density at radius 1 is 0.585 bits per heavy atom. The van der Waals surface area contributed by atoms with Crippen molar-refractivity contribution in [2.24, 2.45) is 0 Å². The van der Waals surface area contributed by atoms with Crippen molar-refractivity contribution < 1.29 is 37.7 Å². The van der Waals surface area contributed by atoms with Gasteiger partial charge in [0.15, 0.2) is 10.9 Å². The summed E-state index contributed by atoms with van der Waals surface area (Å²) in [6.07, 6.45) is 0.394. The van der Waals surface area contributed by atoms with Crippen LogP contribution >= 0.6 is 35.4 Å². The first-order chi connectivity index (χ1) is 25.3. The number of hydrogen-bond acceptors (Lipinski definition) is 10. The van der Waals surface area contributed by atoms with Gasteiger partial charge < -0.3 is 29.2 Å². The highest BCUT2D eigenvalue weighted by molar-refractivity contribution is 8.69. The fourth-order valence-corrected chi connectivity index (χ4v) is 18.5. The van der Waals surface area contributed by atoms with E-state index in [-0.39, 0.29) is 43.8 Å². The smallest absolute Gasteiger partial charge is 0.328 e. The van der Waals surface area contributed by atoms with Gasteiger partial charge in [0.25, 0.3) is 11.8 Å². The Bertz CT molecular complexity index is 1810. The Labute approximate surface area is 330 Å². The molecule has 0 radical (unpaired) electrons. The van der Waals surface area contributed by atoms with Gasteiger partial charge in [0.1, 0.15) is 23.6 Å². The van der Waals surface area contributed by atoms with Crippen LogP contribution in [0.5, 0.6) is 11.5 Å². The van der Waals surface area contributed by atoms with E-state index in [1.807, 2.05) is 0 Å². The predicted octanol–water partition coefficient (Wildman–Crippen LogP) is 7.39. The fourth-order valence-electron chi connectivity index (χ4n) is 4.99. The summed E-state index contributed by atoms with van der Waals surface area (Å²) in [5.41, 5.74) is -3.28. The zero-order valence-electron chi connectivity index (χ0n) is 29.0. The first kappa shape index (κ1) is 42.1. The summed E-state index contributed by atoms with van der Waals surface area (Å²) in [5.74, 6) is -0.810. The van der Waals surface area contributed by atoms with Crippen LogP contribution in [0, 0.1) is 0 Å². The molecule has 0 heterocycles. The van der Waals surface area contributed by atoms with Crippen LogP contribution in [0.3, 0.4) is 0 Å². The lowest BCUT2D eigenvalue weighted by atomic mass is 10.1. The standard InChI is InChI=1S/C37H40N2O8P2S4/c1-3-44-36(42)32(38-34(40)28-11-7-5-8-12-28)23-26-15-19-30(20-16-26)46-48(50,51)25-49(52,53)47-31-21-17-27(18-22-31)24-33(37(43)45-4-2)39-35(41)29-13-9-6-10-14-29/h5-22,32-33H,3-4,23-25H2,1-2H3,(H,38,40)(H,39,41)(H,50,51)(H,52,53)/t32-,33-/m0/s1. The normalized spacial score (nSPS) is 14.3. The molecule has 4 aromatic carbocycles. The summed E-state index contributed by atoms with van der Waals surface area (Å²) in [4.78, 5) is 50.9. The van der Waals surface area contributed by atoms with Crippen molar-refractivity contribution in [3.8, 4) is 11.5 Å². The molecule has 4 atom stereocenters. The highest BCUT2D eigenvalue weighted by atomic mass is 32.9. The summed E-state index contributed by atoms with van der Waals surface area (Å²) in [6, 6.07) is 29.4. The summed E-state index contributed by atoms with van der Waals surface area (Å²) in [7, 11) is 0. The van der Waals surface area contributed by atoms with Gasteiger partial charge in [0.2, 0.25) is 0 Å². The van der Waals surface area contributed by atoms with Gasteiger partial charge in [-0.2, -0.15) is 0 Å². The number of benzene rings is 4. The first-order valence-corrected chi connectivity index (χ1v) is 24.6. The molecule has 2 amide bonds. The molecule has 4 rings (SSSR count). The second kappa shape index (κ2) is 20.2. The topological polar surface area (TPSA) is 129 Å².